The van der Waals surface area contributed by atoms with E-state index >= 15 is 0 Å². The van der Waals surface area contributed by atoms with Crippen molar-refractivity contribution >= 4 is 5.91 Å². The van der Waals surface area contributed by atoms with E-state index in [0.29, 0.717) is 6.42 Å². The second kappa shape index (κ2) is 3.57. The van der Waals surface area contributed by atoms with E-state index in [9.17, 15) is 4.79 Å². The molecule has 1 N–H and O–H groups in total. The molecule has 0 radical (unpaired) electrons. The SMILES string of the molecule is CCCC(=O)NC1(C#N)CCC1.[HH]. The predicted octanol–water partition coefficient (Wildman–Crippen LogP) is 1.59. The molecule has 1 fully saturated rings. The van der Waals surface area contributed by atoms with E-state index in [0.717, 1.165) is 25.7 Å². The van der Waals surface area contributed by atoms with Crippen LogP contribution in [0.4, 0.5) is 0 Å². The molecule has 68 valence electrons. The molecule has 1 saturated carbocycles. The number of carbonyl (C=O) groups is 1. The first-order valence-electron chi connectivity index (χ1n) is 4.45. The lowest BCUT2D eigenvalue weighted by molar-refractivity contribution is -0.123. The van der Waals surface area contributed by atoms with Crippen LogP contribution in [0.15, 0.2) is 0 Å². The van der Waals surface area contributed by atoms with Crippen molar-refractivity contribution in [2.24, 2.45) is 0 Å². The van der Waals surface area contributed by atoms with Crippen molar-refractivity contribution in [3.8, 4) is 6.07 Å². The Morgan fingerprint density at radius 1 is 1.75 bits per heavy atom. The van der Waals surface area contributed by atoms with E-state index < -0.39 is 5.54 Å². The lowest BCUT2D eigenvalue weighted by atomic mass is 9.78. The molecule has 0 aliphatic heterocycles. The maximum Gasteiger partial charge on any atom is 0.221 e. The molecule has 0 heterocycles. The normalized spacial score (nSPS) is 19.0. The van der Waals surface area contributed by atoms with Crippen molar-refractivity contribution in [1.29, 1.82) is 5.26 Å². The molecule has 1 aliphatic rings. The summed E-state index contributed by atoms with van der Waals surface area (Å²) in [6.07, 6.45) is 4.06. The third-order valence-electron chi connectivity index (χ3n) is 2.28. The molecule has 3 heteroatoms. The van der Waals surface area contributed by atoms with Crippen LogP contribution in [0.2, 0.25) is 0 Å². The van der Waals surface area contributed by atoms with Gasteiger partial charge in [0.15, 0.2) is 0 Å². The summed E-state index contributed by atoms with van der Waals surface area (Å²) >= 11 is 0. The number of nitrogens with one attached hydrogen (secondary N) is 1. The van der Waals surface area contributed by atoms with Gasteiger partial charge in [0.05, 0.1) is 6.07 Å². The van der Waals surface area contributed by atoms with E-state index in [1.54, 1.807) is 0 Å². The van der Waals surface area contributed by atoms with Gasteiger partial charge in [-0.2, -0.15) is 5.26 Å². The Kier molecular flexibility index (Phi) is 2.69. The molecular weight excluding hydrogens is 152 g/mol. The zero-order valence-corrected chi connectivity index (χ0v) is 7.39. The number of nitrogens with zero attached hydrogens (tertiary/aromatic N) is 1. The molecule has 0 saturated heterocycles. The Morgan fingerprint density at radius 3 is 2.75 bits per heavy atom. The van der Waals surface area contributed by atoms with Crippen LogP contribution in [0.25, 0.3) is 0 Å². The Balaban J connectivity index is 0.00000144. The van der Waals surface area contributed by atoms with Gasteiger partial charge in [-0.25, -0.2) is 0 Å². The lowest BCUT2D eigenvalue weighted by Gasteiger charge is -2.35. The number of carbonyl (C=O) groups excluding carboxylic acids is 1. The van der Waals surface area contributed by atoms with Gasteiger partial charge in [0.25, 0.3) is 0 Å². The minimum atomic E-state index is -0.508. The minimum absolute atomic E-state index is 0. The van der Waals surface area contributed by atoms with Gasteiger partial charge in [-0.05, 0) is 25.7 Å². The molecule has 12 heavy (non-hydrogen) atoms. The zero-order valence-electron chi connectivity index (χ0n) is 7.39. The summed E-state index contributed by atoms with van der Waals surface area (Å²) in [7, 11) is 0. The lowest BCUT2D eigenvalue weighted by Crippen LogP contribution is -2.52. The number of rotatable bonds is 3. The number of nitriles is 1. The van der Waals surface area contributed by atoms with Crippen LogP contribution in [0, 0.1) is 11.3 Å². The predicted molar refractivity (Wildman–Crippen MR) is 47.4 cm³/mol. The second-order valence-electron chi connectivity index (χ2n) is 3.35. The fourth-order valence-corrected chi connectivity index (χ4v) is 1.35. The molecule has 0 atom stereocenters. The van der Waals surface area contributed by atoms with Gasteiger partial charge in [-0.1, -0.05) is 6.92 Å². The standard InChI is InChI=1S/C9H14N2O.H2/c1-2-4-8(12)11-9(7-10)5-3-6-9;/h2-6H2,1H3,(H,11,12);1H. The molecule has 0 spiro atoms. The second-order valence-corrected chi connectivity index (χ2v) is 3.35. The fourth-order valence-electron chi connectivity index (χ4n) is 1.35. The molecule has 3 nitrogen and oxygen atoms in total. The van der Waals surface area contributed by atoms with Gasteiger partial charge >= 0.3 is 0 Å². The van der Waals surface area contributed by atoms with Gasteiger partial charge < -0.3 is 5.32 Å². The van der Waals surface area contributed by atoms with Crippen molar-refractivity contribution in [2.45, 2.75) is 44.6 Å². The van der Waals surface area contributed by atoms with Crippen LogP contribution in [0.5, 0.6) is 0 Å². The van der Waals surface area contributed by atoms with E-state index in [4.69, 9.17) is 5.26 Å². The van der Waals surface area contributed by atoms with Crippen LogP contribution in [0.1, 0.15) is 40.5 Å². The van der Waals surface area contributed by atoms with E-state index in [1.165, 1.54) is 0 Å². The highest BCUT2D eigenvalue weighted by molar-refractivity contribution is 5.77. The maximum absolute atomic E-state index is 11.1. The number of hydrogen-bond donors (Lipinski definition) is 1. The van der Waals surface area contributed by atoms with Crippen LogP contribution in [-0.4, -0.2) is 11.4 Å². The quantitative estimate of drug-likeness (QED) is 0.695. The highest BCUT2D eigenvalue weighted by Gasteiger charge is 2.38. The molecule has 0 aromatic heterocycles. The molecule has 1 amide bonds. The molecule has 0 aromatic carbocycles. The Bertz CT molecular complexity index is 218. The zero-order chi connectivity index (χ0) is 9.03. The van der Waals surface area contributed by atoms with Gasteiger partial charge in [0.2, 0.25) is 5.91 Å². The van der Waals surface area contributed by atoms with Crippen LogP contribution < -0.4 is 5.32 Å². The summed E-state index contributed by atoms with van der Waals surface area (Å²) in [5, 5.41) is 11.6. The summed E-state index contributed by atoms with van der Waals surface area (Å²) < 4.78 is 0. The first-order chi connectivity index (χ1) is 5.72. The Labute approximate surface area is 74.2 Å². The molecular formula is C9H16N2O. The Hall–Kier alpha value is -1.04. The fraction of sp³-hybridized carbons (Fsp3) is 0.778. The third kappa shape index (κ3) is 1.76. The average molecular weight is 168 g/mol. The summed E-state index contributed by atoms with van der Waals surface area (Å²) in [6.45, 7) is 1.96. The minimum Gasteiger partial charge on any atom is -0.338 e. The summed E-state index contributed by atoms with van der Waals surface area (Å²) in [6, 6.07) is 2.17. The Morgan fingerprint density at radius 2 is 2.42 bits per heavy atom. The highest BCUT2D eigenvalue weighted by Crippen LogP contribution is 2.30. The average Bonchev–Trinajstić information content (AvgIpc) is 1.97. The molecule has 1 rings (SSSR count). The van der Waals surface area contributed by atoms with Crippen molar-refractivity contribution in [3.05, 3.63) is 0 Å². The molecule has 0 aromatic rings. The smallest absolute Gasteiger partial charge is 0.221 e. The number of amides is 1. The summed E-state index contributed by atoms with van der Waals surface area (Å²) in [5.41, 5.74) is -0.508. The first kappa shape index (κ1) is 9.05. The van der Waals surface area contributed by atoms with Crippen molar-refractivity contribution < 1.29 is 6.22 Å². The van der Waals surface area contributed by atoms with Crippen molar-refractivity contribution in [3.63, 3.8) is 0 Å². The van der Waals surface area contributed by atoms with Crippen LogP contribution in [0.3, 0.4) is 0 Å². The van der Waals surface area contributed by atoms with Gasteiger partial charge in [0, 0.05) is 7.85 Å². The first-order valence-corrected chi connectivity index (χ1v) is 4.45. The van der Waals surface area contributed by atoms with Crippen LogP contribution >= 0.6 is 0 Å². The van der Waals surface area contributed by atoms with E-state index in [1.807, 2.05) is 6.92 Å². The highest BCUT2D eigenvalue weighted by atomic mass is 16.1. The monoisotopic (exact) mass is 168 g/mol. The summed E-state index contributed by atoms with van der Waals surface area (Å²) in [5.74, 6) is 0.0127. The molecule has 1 aliphatic carbocycles. The molecule has 0 unspecified atom stereocenters. The third-order valence-corrected chi connectivity index (χ3v) is 2.28. The van der Waals surface area contributed by atoms with Gasteiger partial charge in [-0.15, -0.1) is 0 Å². The van der Waals surface area contributed by atoms with Crippen LogP contribution in [-0.2, 0) is 4.79 Å². The molecule has 0 bridgehead atoms. The largest absolute Gasteiger partial charge is 0.338 e. The van der Waals surface area contributed by atoms with E-state index in [2.05, 4.69) is 11.4 Å². The number of hydrogen-bond acceptors (Lipinski definition) is 2. The van der Waals surface area contributed by atoms with Crippen molar-refractivity contribution in [2.75, 3.05) is 0 Å². The van der Waals surface area contributed by atoms with Gasteiger partial charge in [0.1, 0.15) is 5.54 Å². The maximum atomic E-state index is 11.1. The van der Waals surface area contributed by atoms with Crippen molar-refractivity contribution in [1.82, 2.24) is 5.32 Å². The topological polar surface area (TPSA) is 52.9 Å². The van der Waals surface area contributed by atoms with E-state index in [-0.39, 0.29) is 7.33 Å². The summed E-state index contributed by atoms with van der Waals surface area (Å²) in [4.78, 5) is 11.1. The van der Waals surface area contributed by atoms with Gasteiger partial charge in [-0.3, -0.25) is 4.79 Å².